The number of rotatable bonds is 3. The Bertz CT molecular complexity index is 780. The molecule has 25 heavy (non-hydrogen) atoms. The van der Waals surface area contributed by atoms with Crippen LogP contribution in [0.4, 0.5) is 26.3 Å². The minimum Gasteiger partial charge on any atom is -0.481 e. The Kier molecular flexibility index (Phi) is 5.02. The molecule has 0 aliphatic carbocycles. The summed E-state index contributed by atoms with van der Waals surface area (Å²) in [6, 6.07) is 4.53. The van der Waals surface area contributed by atoms with E-state index in [1.807, 2.05) is 0 Å². The lowest BCUT2D eigenvalue weighted by Crippen LogP contribution is -2.15. The topological polar surface area (TPSA) is 22.1 Å². The lowest BCUT2D eigenvalue weighted by Gasteiger charge is -2.19. The Morgan fingerprint density at radius 3 is 2.08 bits per heavy atom. The normalized spacial score (nSPS) is 12.4. The van der Waals surface area contributed by atoms with E-state index in [2.05, 4.69) is 4.98 Å². The first-order valence-corrected chi connectivity index (χ1v) is 7.22. The molecule has 0 unspecified atom stereocenters. The third-order valence-corrected chi connectivity index (χ3v) is 3.62. The zero-order valence-electron chi connectivity index (χ0n) is 13.6. The molecule has 2 aromatic rings. The van der Waals surface area contributed by atoms with Crippen LogP contribution in [0.5, 0.6) is 5.88 Å². The van der Waals surface area contributed by atoms with Crippen molar-refractivity contribution in [2.24, 2.45) is 0 Å². The molecule has 0 aliphatic rings. The number of methoxy groups -OCH3 is 1. The fourth-order valence-electron chi connectivity index (χ4n) is 2.65. The van der Waals surface area contributed by atoms with Gasteiger partial charge in [0.25, 0.3) is 0 Å². The van der Waals surface area contributed by atoms with E-state index >= 15 is 0 Å². The van der Waals surface area contributed by atoms with E-state index in [4.69, 9.17) is 4.74 Å². The van der Waals surface area contributed by atoms with Crippen molar-refractivity contribution in [2.75, 3.05) is 7.11 Å². The van der Waals surface area contributed by atoms with Crippen LogP contribution in [0, 0.1) is 13.8 Å². The number of benzene rings is 1. The van der Waals surface area contributed by atoms with Gasteiger partial charge in [0.05, 0.1) is 12.7 Å². The fourth-order valence-corrected chi connectivity index (χ4v) is 2.65. The monoisotopic (exact) mass is 363 g/mol. The van der Waals surface area contributed by atoms with E-state index in [1.165, 1.54) is 19.1 Å². The third kappa shape index (κ3) is 4.24. The van der Waals surface area contributed by atoms with E-state index in [-0.39, 0.29) is 16.8 Å². The standard InChI is InChI=1S/C17H15F6NO/c1-9-4-5-13(16(18,19)20)11(6-9)8-12-7-10(2)24-15(25-3)14(12)17(21,22)23/h4-7H,8H2,1-3H3. The maximum Gasteiger partial charge on any atom is 0.421 e. The van der Waals surface area contributed by atoms with Gasteiger partial charge in [0.15, 0.2) is 0 Å². The first-order chi connectivity index (χ1) is 11.4. The third-order valence-electron chi connectivity index (χ3n) is 3.62. The van der Waals surface area contributed by atoms with Crippen LogP contribution in [-0.4, -0.2) is 12.1 Å². The number of pyridine rings is 1. The van der Waals surface area contributed by atoms with Gasteiger partial charge in [-0.05, 0) is 43.5 Å². The predicted molar refractivity (Wildman–Crippen MR) is 79.5 cm³/mol. The maximum absolute atomic E-state index is 13.4. The molecule has 0 saturated heterocycles. The van der Waals surface area contributed by atoms with E-state index < -0.39 is 35.8 Å². The van der Waals surface area contributed by atoms with Gasteiger partial charge in [0.1, 0.15) is 5.56 Å². The summed E-state index contributed by atoms with van der Waals surface area (Å²) >= 11 is 0. The molecular formula is C17H15F6NO. The SMILES string of the molecule is COc1nc(C)cc(Cc2cc(C)ccc2C(F)(F)F)c1C(F)(F)F. The van der Waals surface area contributed by atoms with Crippen LogP contribution in [-0.2, 0) is 18.8 Å². The highest BCUT2D eigenvalue weighted by Crippen LogP contribution is 2.40. The van der Waals surface area contributed by atoms with Crippen LogP contribution < -0.4 is 4.74 Å². The van der Waals surface area contributed by atoms with Gasteiger partial charge in [-0.25, -0.2) is 4.98 Å². The largest absolute Gasteiger partial charge is 0.481 e. The highest BCUT2D eigenvalue weighted by Gasteiger charge is 2.39. The Morgan fingerprint density at radius 2 is 1.56 bits per heavy atom. The lowest BCUT2D eigenvalue weighted by atomic mass is 9.94. The average molecular weight is 363 g/mol. The van der Waals surface area contributed by atoms with Crippen molar-refractivity contribution in [3.63, 3.8) is 0 Å². The molecule has 0 N–H and O–H groups in total. The Balaban J connectivity index is 2.66. The summed E-state index contributed by atoms with van der Waals surface area (Å²) in [5.74, 6) is -0.649. The van der Waals surface area contributed by atoms with Crippen LogP contribution in [0.25, 0.3) is 0 Å². The molecule has 1 aromatic carbocycles. The number of hydrogen-bond acceptors (Lipinski definition) is 2. The van der Waals surface area contributed by atoms with Gasteiger partial charge in [-0.3, -0.25) is 0 Å². The Labute approximate surface area is 140 Å². The highest BCUT2D eigenvalue weighted by molar-refractivity contribution is 5.44. The molecule has 0 bridgehead atoms. The van der Waals surface area contributed by atoms with E-state index in [0.29, 0.717) is 5.56 Å². The first-order valence-electron chi connectivity index (χ1n) is 7.22. The summed E-state index contributed by atoms with van der Waals surface area (Å²) in [6.07, 6.45) is -10.00. The van der Waals surface area contributed by atoms with Gasteiger partial charge >= 0.3 is 12.4 Å². The van der Waals surface area contributed by atoms with Crippen LogP contribution in [0.1, 0.15) is 33.5 Å². The van der Waals surface area contributed by atoms with Crippen LogP contribution in [0.3, 0.4) is 0 Å². The number of hydrogen-bond donors (Lipinski definition) is 0. The van der Waals surface area contributed by atoms with Crippen LogP contribution in [0.2, 0.25) is 0 Å². The number of ether oxygens (including phenoxy) is 1. The number of aromatic nitrogens is 1. The molecule has 2 nitrogen and oxygen atoms in total. The second-order valence-corrected chi connectivity index (χ2v) is 5.64. The van der Waals surface area contributed by atoms with Crippen molar-refractivity contribution < 1.29 is 31.1 Å². The predicted octanol–water partition coefficient (Wildman–Crippen LogP) is 5.34. The molecular weight excluding hydrogens is 348 g/mol. The van der Waals surface area contributed by atoms with Gasteiger partial charge in [0.2, 0.25) is 5.88 Å². The minimum absolute atomic E-state index is 0.223. The Hall–Kier alpha value is -2.25. The summed E-state index contributed by atoms with van der Waals surface area (Å²) in [4.78, 5) is 3.68. The zero-order valence-corrected chi connectivity index (χ0v) is 13.6. The second kappa shape index (κ2) is 6.57. The molecule has 0 fully saturated rings. The number of halogens is 6. The summed E-state index contributed by atoms with van der Waals surface area (Å²) in [6.45, 7) is 3.03. The highest BCUT2D eigenvalue weighted by atomic mass is 19.4. The first kappa shape index (κ1) is 19.1. The Morgan fingerprint density at radius 1 is 0.920 bits per heavy atom. The molecule has 0 saturated carbocycles. The van der Waals surface area contributed by atoms with Crippen molar-refractivity contribution in [1.82, 2.24) is 4.98 Å². The van der Waals surface area contributed by atoms with E-state index in [0.717, 1.165) is 19.2 Å². The molecule has 1 aromatic heterocycles. The van der Waals surface area contributed by atoms with Crippen LogP contribution in [0.15, 0.2) is 24.3 Å². The van der Waals surface area contributed by atoms with Crippen molar-refractivity contribution in [1.29, 1.82) is 0 Å². The van der Waals surface area contributed by atoms with Gasteiger partial charge in [-0.2, -0.15) is 26.3 Å². The maximum atomic E-state index is 13.4. The summed E-state index contributed by atoms with van der Waals surface area (Å²) in [7, 11) is 1.04. The van der Waals surface area contributed by atoms with Gasteiger partial charge in [-0.1, -0.05) is 17.7 Å². The summed E-state index contributed by atoms with van der Waals surface area (Å²) in [5, 5.41) is 0. The summed E-state index contributed by atoms with van der Waals surface area (Å²) < 4.78 is 84.5. The molecule has 0 spiro atoms. The molecule has 0 radical (unpaired) electrons. The molecule has 0 aliphatic heterocycles. The van der Waals surface area contributed by atoms with Gasteiger partial charge < -0.3 is 4.74 Å². The molecule has 8 heteroatoms. The number of nitrogens with zero attached hydrogens (tertiary/aromatic N) is 1. The molecule has 2 rings (SSSR count). The van der Waals surface area contributed by atoms with Crippen molar-refractivity contribution in [3.8, 4) is 5.88 Å². The zero-order chi connectivity index (χ0) is 19.0. The average Bonchev–Trinajstić information content (AvgIpc) is 2.43. The van der Waals surface area contributed by atoms with E-state index in [9.17, 15) is 26.3 Å². The smallest absolute Gasteiger partial charge is 0.421 e. The van der Waals surface area contributed by atoms with Gasteiger partial charge in [0, 0.05) is 5.69 Å². The minimum atomic E-state index is -4.80. The molecule has 0 atom stereocenters. The van der Waals surface area contributed by atoms with Crippen LogP contribution >= 0.6 is 0 Å². The van der Waals surface area contributed by atoms with E-state index in [1.54, 1.807) is 6.92 Å². The van der Waals surface area contributed by atoms with Gasteiger partial charge in [-0.15, -0.1) is 0 Å². The number of alkyl halides is 6. The van der Waals surface area contributed by atoms with Crippen molar-refractivity contribution in [3.05, 3.63) is 57.8 Å². The summed E-state index contributed by atoms with van der Waals surface area (Å²) in [5.41, 5.74) is -1.91. The molecule has 0 amide bonds. The van der Waals surface area contributed by atoms with Crippen molar-refractivity contribution >= 4 is 0 Å². The fraction of sp³-hybridized carbons (Fsp3) is 0.353. The molecule has 1 heterocycles. The van der Waals surface area contributed by atoms with Crippen molar-refractivity contribution in [2.45, 2.75) is 32.6 Å². The lowest BCUT2D eigenvalue weighted by molar-refractivity contribution is -0.139. The quantitative estimate of drug-likeness (QED) is 0.687. The molecule has 136 valence electrons. The second-order valence-electron chi connectivity index (χ2n) is 5.64. The number of aryl methyl sites for hydroxylation is 2.